The van der Waals surface area contributed by atoms with E-state index in [2.05, 4.69) is 6.92 Å². The summed E-state index contributed by atoms with van der Waals surface area (Å²) in [5.74, 6) is 1.81. The Morgan fingerprint density at radius 1 is 1.38 bits per heavy atom. The van der Waals surface area contributed by atoms with Crippen LogP contribution in [-0.4, -0.2) is 44.8 Å². The van der Waals surface area contributed by atoms with Gasteiger partial charge in [-0.25, -0.2) is 0 Å². The molecule has 4 rings (SSSR count). The molecule has 3 fully saturated rings. The summed E-state index contributed by atoms with van der Waals surface area (Å²) in [7, 11) is 0. The van der Waals surface area contributed by atoms with Gasteiger partial charge in [-0.05, 0) is 38.3 Å². The van der Waals surface area contributed by atoms with E-state index >= 15 is 0 Å². The average Bonchev–Trinajstić information content (AvgIpc) is 3.22. The first kappa shape index (κ1) is 16.1. The SMILES string of the molecule is C[C@]12CCC(=O)N1[C@@H](C(=O)N1CCCCC[C@@H]1c1ccco1)CS2. The number of amides is 2. The van der Waals surface area contributed by atoms with Crippen molar-refractivity contribution in [2.75, 3.05) is 12.3 Å². The van der Waals surface area contributed by atoms with E-state index in [0.717, 1.165) is 44.4 Å². The molecule has 0 spiro atoms. The third kappa shape index (κ3) is 2.55. The van der Waals surface area contributed by atoms with Crippen molar-refractivity contribution in [3.8, 4) is 0 Å². The van der Waals surface area contributed by atoms with Crippen molar-refractivity contribution in [3.63, 3.8) is 0 Å². The van der Waals surface area contributed by atoms with E-state index in [9.17, 15) is 9.59 Å². The highest BCUT2D eigenvalue weighted by Crippen LogP contribution is 2.48. The van der Waals surface area contributed by atoms with Crippen LogP contribution >= 0.6 is 11.8 Å². The van der Waals surface area contributed by atoms with Gasteiger partial charge in [0.25, 0.3) is 0 Å². The summed E-state index contributed by atoms with van der Waals surface area (Å²) >= 11 is 1.76. The predicted molar refractivity (Wildman–Crippen MR) is 92.4 cm³/mol. The van der Waals surface area contributed by atoms with E-state index < -0.39 is 0 Å². The Labute approximate surface area is 146 Å². The first-order valence-electron chi connectivity index (χ1n) is 8.90. The van der Waals surface area contributed by atoms with E-state index in [1.165, 1.54) is 0 Å². The number of likely N-dealkylation sites (tertiary alicyclic amines) is 1. The van der Waals surface area contributed by atoms with Gasteiger partial charge in [0, 0.05) is 18.7 Å². The molecule has 3 aliphatic rings. The van der Waals surface area contributed by atoms with Gasteiger partial charge in [0.2, 0.25) is 11.8 Å². The molecule has 0 aromatic carbocycles. The molecule has 0 N–H and O–H groups in total. The Balaban J connectivity index is 1.61. The third-order valence-corrected chi connectivity index (χ3v) is 7.14. The van der Waals surface area contributed by atoms with Crippen molar-refractivity contribution in [1.29, 1.82) is 0 Å². The fourth-order valence-corrected chi connectivity index (χ4v) is 5.77. The van der Waals surface area contributed by atoms with Crippen molar-refractivity contribution < 1.29 is 14.0 Å². The van der Waals surface area contributed by atoms with Gasteiger partial charge in [0.15, 0.2) is 0 Å². The number of nitrogens with zero attached hydrogens (tertiary/aromatic N) is 2. The standard InChI is InChI=1S/C18H24N2O3S/c1-18-9-8-16(21)20(18)14(12-24-18)17(22)19-10-4-2-3-6-13(19)15-7-5-11-23-15/h5,7,11,13-14H,2-4,6,8-10,12H2,1H3/t13-,14-,18+/m1/s1. The molecule has 0 radical (unpaired) electrons. The van der Waals surface area contributed by atoms with E-state index in [0.29, 0.717) is 12.2 Å². The summed E-state index contributed by atoms with van der Waals surface area (Å²) in [5, 5.41) is 0. The lowest BCUT2D eigenvalue weighted by atomic mass is 10.1. The first-order chi connectivity index (χ1) is 11.6. The molecule has 0 saturated carbocycles. The Morgan fingerprint density at radius 3 is 3.04 bits per heavy atom. The molecule has 5 nitrogen and oxygen atoms in total. The molecular weight excluding hydrogens is 324 g/mol. The van der Waals surface area contributed by atoms with Crippen molar-refractivity contribution in [1.82, 2.24) is 9.80 Å². The Kier molecular flexibility index (Phi) is 4.11. The van der Waals surface area contributed by atoms with Crippen molar-refractivity contribution in [3.05, 3.63) is 24.2 Å². The molecule has 3 saturated heterocycles. The largest absolute Gasteiger partial charge is 0.467 e. The zero-order valence-corrected chi connectivity index (χ0v) is 14.9. The number of furan rings is 1. The Morgan fingerprint density at radius 2 is 2.25 bits per heavy atom. The van der Waals surface area contributed by atoms with E-state index in [1.807, 2.05) is 21.9 Å². The summed E-state index contributed by atoms with van der Waals surface area (Å²) < 4.78 is 5.62. The maximum Gasteiger partial charge on any atom is 0.246 e. The van der Waals surface area contributed by atoms with Crippen LogP contribution in [0.3, 0.4) is 0 Å². The van der Waals surface area contributed by atoms with Crippen LogP contribution in [0.25, 0.3) is 0 Å². The average molecular weight is 348 g/mol. The van der Waals surface area contributed by atoms with Gasteiger partial charge in [-0.1, -0.05) is 12.8 Å². The van der Waals surface area contributed by atoms with Crippen LogP contribution in [0.1, 0.15) is 57.3 Å². The molecule has 4 heterocycles. The second-order valence-corrected chi connectivity index (χ2v) is 8.68. The summed E-state index contributed by atoms with van der Waals surface area (Å²) in [6, 6.07) is 3.54. The monoisotopic (exact) mass is 348 g/mol. The molecule has 3 aliphatic heterocycles. The van der Waals surface area contributed by atoms with Gasteiger partial charge in [-0.3, -0.25) is 9.59 Å². The molecule has 130 valence electrons. The summed E-state index contributed by atoms with van der Waals surface area (Å²) in [5.41, 5.74) is 0. The van der Waals surface area contributed by atoms with Crippen molar-refractivity contribution in [2.24, 2.45) is 0 Å². The molecule has 2 amide bonds. The van der Waals surface area contributed by atoms with E-state index in [-0.39, 0.29) is 28.8 Å². The molecule has 24 heavy (non-hydrogen) atoms. The third-order valence-electron chi connectivity index (χ3n) is 5.64. The van der Waals surface area contributed by atoms with Crippen molar-refractivity contribution in [2.45, 2.75) is 62.4 Å². The first-order valence-corrected chi connectivity index (χ1v) is 9.89. The fourth-order valence-electron chi connectivity index (χ4n) is 4.34. The van der Waals surface area contributed by atoms with Gasteiger partial charge in [-0.15, -0.1) is 11.8 Å². The summed E-state index contributed by atoms with van der Waals surface area (Å²) in [6.45, 7) is 2.85. The lowest BCUT2D eigenvalue weighted by Crippen LogP contribution is -2.52. The minimum Gasteiger partial charge on any atom is -0.467 e. The number of carbonyl (C=O) groups excluding carboxylic acids is 2. The summed E-state index contributed by atoms with van der Waals surface area (Å²) in [6.07, 6.45) is 7.29. The van der Waals surface area contributed by atoms with Crippen LogP contribution in [0.2, 0.25) is 0 Å². The van der Waals surface area contributed by atoms with Gasteiger partial charge in [0.05, 0.1) is 17.2 Å². The van der Waals surface area contributed by atoms with Crippen LogP contribution in [0, 0.1) is 0 Å². The fraction of sp³-hybridized carbons (Fsp3) is 0.667. The maximum atomic E-state index is 13.4. The molecule has 0 bridgehead atoms. The van der Waals surface area contributed by atoms with E-state index in [1.54, 1.807) is 18.0 Å². The minimum absolute atomic E-state index is 0.00422. The molecular formula is C18H24N2O3S. The minimum atomic E-state index is -0.314. The summed E-state index contributed by atoms with van der Waals surface area (Å²) in [4.78, 5) is 29.4. The molecule has 1 aromatic rings. The number of fused-ring (bicyclic) bond motifs is 1. The highest BCUT2D eigenvalue weighted by molar-refractivity contribution is 8.01. The Hall–Kier alpha value is -1.43. The molecule has 0 aliphatic carbocycles. The highest BCUT2D eigenvalue weighted by atomic mass is 32.2. The quantitative estimate of drug-likeness (QED) is 0.824. The molecule has 1 aromatic heterocycles. The van der Waals surface area contributed by atoms with Gasteiger partial charge in [-0.2, -0.15) is 0 Å². The topological polar surface area (TPSA) is 53.8 Å². The number of rotatable bonds is 2. The van der Waals surface area contributed by atoms with Crippen LogP contribution in [0.15, 0.2) is 22.8 Å². The van der Waals surface area contributed by atoms with Crippen LogP contribution in [0.4, 0.5) is 0 Å². The molecule has 3 atom stereocenters. The van der Waals surface area contributed by atoms with Crippen LogP contribution in [0.5, 0.6) is 0 Å². The molecule has 6 heteroatoms. The highest BCUT2D eigenvalue weighted by Gasteiger charge is 2.54. The number of carbonyl (C=O) groups is 2. The normalized spacial score (nSPS) is 33.6. The van der Waals surface area contributed by atoms with Gasteiger partial charge in [0.1, 0.15) is 11.8 Å². The van der Waals surface area contributed by atoms with Crippen LogP contribution < -0.4 is 0 Å². The smallest absolute Gasteiger partial charge is 0.246 e. The zero-order chi connectivity index (χ0) is 16.7. The predicted octanol–water partition coefficient (Wildman–Crippen LogP) is 3.18. The van der Waals surface area contributed by atoms with E-state index in [4.69, 9.17) is 4.42 Å². The van der Waals surface area contributed by atoms with Gasteiger partial charge < -0.3 is 14.2 Å². The van der Waals surface area contributed by atoms with Crippen molar-refractivity contribution >= 4 is 23.6 Å². The lowest BCUT2D eigenvalue weighted by Gasteiger charge is -2.35. The Bertz CT molecular complexity index is 632. The second-order valence-electron chi connectivity index (χ2n) is 7.18. The second kappa shape index (κ2) is 6.14. The van der Waals surface area contributed by atoms with Crippen LogP contribution in [-0.2, 0) is 9.59 Å². The number of hydrogen-bond donors (Lipinski definition) is 0. The molecule has 0 unspecified atom stereocenters. The maximum absolute atomic E-state index is 13.4. The zero-order valence-electron chi connectivity index (χ0n) is 14.1. The van der Waals surface area contributed by atoms with Gasteiger partial charge >= 0.3 is 0 Å². The number of thioether (sulfide) groups is 1. The lowest BCUT2D eigenvalue weighted by molar-refractivity contribution is -0.145. The number of hydrogen-bond acceptors (Lipinski definition) is 4.